The number of hydrogen-bond acceptors (Lipinski definition) is 5. The van der Waals surface area contributed by atoms with Crippen molar-refractivity contribution >= 4 is 0 Å². The zero-order chi connectivity index (χ0) is 14.4. The van der Waals surface area contributed by atoms with Gasteiger partial charge < -0.3 is 15.0 Å². The molecule has 0 saturated carbocycles. The van der Waals surface area contributed by atoms with Gasteiger partial charge in [0, 0.05) is 13.7 Å². The lowest BCUT2D eigenvalue weighted by Crippen LogP contribution is -2.14. The summed E-state index contributed by atoms with van der Waals surface area (Å²) in [5.74, 6) is 1.07. The van der Waals surface area contributed by atoms with Gasteiger partial charge in [0.05, 0.1) is 5.92 Å². The van der Waals surface area contributed by atoms with Gasteiger partial charge in [0.2, 0.25) is 11.7 Å². The molecule has 108 valence electrons. The zero-order valence-corrected chi connectivity index (χ0v) is 12.0. The van der Waals surface area contributed by atoms with Crippen molar-refractivity contribution in [1.29, 1.82) is 0 Å². The number of nitrogens with two attached hydrogens (primary N) is 1. The summed E-state index contributed by atoms with van der Waals surface area (Å²) in [5.41, 5.74) is 6.93. The zero-order valence-electron chi connectivity index (χ0n) is 12.0. The van der Waals surface area contributed by atoms with Crippen LogP contribution in [0.4, 0.5) is 0 Å². The molecule has 0 radical (unpaired) electrons. The van der Waals surface area contributed by atoms with Gasteiger partial charge in [0.15, 0.2) is 0 Å². The lowest BCUT2D eigenvalue weighted by Gasteiger charge is -2.10. The molecule has 20 heavy (non-hydrogen) atoms. The van der Waals surface area contributed by atoms with Crippen LogP contribution in [0.5, 0.6) is 0 Å². The predicted octanol–water partition coefficient (Wildman–Crippen LogP) is 2.65. The average molecular weight is 275 g/mol. The van der Waals surface area contributed by atoms with Crippen LogP contribution in [-0.4, -0.2) is 23.8 Å². The fourth-order valence-corrected chi connectivity index (χ4v) is 2.20. The van der Waals surface area contributed by atoms with Gasteiger partial charge in [-0.2, -0.15) is 4.98 Å². The summed E-state index contributed by atoms with van der Waals surface area (Å²) in [7, 11) is 1.66. The van der Waals surface area contributed by atoms with Gasteiger partial charge in [-0.3, -0.25) is 0 Å². The quantitative estimate of drug-likeness (QED) is 0.840. The van der Waals surface area contributed by atoms with Gasteiger partial charge in [-0.1, -0.05) is 48.8 Å². The van der Waals surface area contributed by atoms with Crippen LogP contribution in [0.3, 0.4) is 0 Å². The number of ether oxygens (including phenoxy) is 1. The highest BCUT2D eigenvalue weighted by atomic mass is 16.5. The summed E-state index contributed by atoms with van der Waals surface area (Å²) in [5, 5.41) is 4.03. The van der Waals surface area contributed by atoms with Gasteiger partial charge in [-0.25, -0.2) is 0 Å². The molecule has 1 heterocycles. The first-order valence-corrected chi connectivity index (χ1v) is 6.91. The summed E-state index contributed by atoms with van der Waals surface area (Å²) in [6.45, 7) is 2.52. The Kier molecular flexibility index (Phi) is 5.26. The second kappa shape index (κ2) is 7.17. The highest BCUT2D eigenvalue weighted by Crippen LogP contribution is 2.25. The molecular formula is C15H21N3O2. The molecule has 0 aliphatic carbocycles. The molecule has 2 aromatic rings. The number of benzene rings is 1. The van der Waals surface area contributed by atoms with Crippen LogP contribution in [-0.2, 0) is 4.74 Å². The van der Waals surface area contributed by atoms with Crippen LogP contribution in [0, 0.1) is 0 Å². The van der Waals surface area contributed by atoms with Gasteiger partial charge in [-0.05, 0) is 12.0 Å². The van der Waals surface area contributed by atoms with Crippen LogP contribution >= 0.6 is 0 Å². The Labute approximate surface area is 119 Å². The van der Waals surface area contributed by atoms with Crippen molar-refractivity contribution in [3.05, 3.63) is 47.6 Å². The molecule has 2 unspecified atom stereocenters. The van der Waals surface area contributed by atoms with Crippen molar-refractivity contribution in [2.24, 2.45) is 5.73 Å². The Morgan fingerprint density at radius 3 is 2.65 bits per heavy atom. The molecule has 0 spiro atoms. The van der Waals surface area contributed by atoms with Crippen molar-refractivity contribution in [2.75, 3.05) is 13.7 Å². The Hall–Kier alpha value is -1.72. The molecule has 1 aromatic carbocycles. The minimum Gasteiger partial charge on any atom is -0.373 e. The molecule has 0 bridgehead atoms. The summed E-state index contributed by atoms with van der Waals surface area (Å²) in [4.78, 5) is 4.46. The Bertz CT molecular complexity index is 513. The predicted molar refractivity (Wildman–Crippen MR) is 76.3 cm³/mol. The first-order valence-electron chi connectivity index (χ1n) is 6.91. The third kappa shape index (κ3) is 3.23. The number of methoxy groups -OCH3 is 1. The molecule has 5 heteroatoms. The van der Waals surface area contributed by atoms with Crippen molar-refractivity contribution in [3.8, 4) is 0 Å². The number of hydrogen-bond donors (Lipinski definition) is 1. The third-order valence-corrected chi connectivity index (χ3v) is 3.32. The van der Waals surface area contributed by atoms with Crippen LogP contribution < -0.4 is 5.73 Å². The Morgan fingerprint density at radius 1 is 1.30 bits per heavy atom. The monoisotopic (exact) mass is 275 g/mol. The van der Waals surface area contributed by atoms with Crippen LogP contribution in [0.15, 0.2) is 34.9 Å². The smallest absolute Gasteiger partial charge is 0.235 e. The molecule has 1 aromatic heterocycles. The first-order chi connectivity index (χ1) is 9.80. The number of rotatable bonds is 7. The first kappa shape index (κ1) is 14.7. The van der Waals surface area contributed by atoms with E-state index >= 15 is 0 Å². The Morgan fingerprint density at radius 2 is 2.05 bits per heavy atom. The molecule has 2 N–H and O–H groups in total. The van der Waals surface area contributed by atoms with E-state index in [1.54, 1.807) is 7.11 Å². The van der Waals surface area contributed by atoms with Gasteiger partial charge in [0.25, 0.3) is 0 Å². The normalized spacial score (nSPS) is 14.2. The molecule has 0 aliphatic rings. The molecule has 2 rings (SSSR count). The standard InChI is InChI=1S/C15H21N3O2/c1-3-7-13(19-2)14-17-15(20-18-14)12(10-16)11-8-5-4-6-9-11/h4-6,8-9,12-13H,3,7,10,16H2,1-2H3. The van der Waals surface area contributed by atoms with E-state index in [-0.39, 0.29) is 12.0 Å². The number of nitrogens with zero attached hydrogens (tertiary/aromatic N) is 2. The van der Waals surface area contributed by atoms with E-state index < -0.39 is 0 Å². The second-order valence-corrected chi connectivity index (χ2v) is 4.70. The molecule has 2 atom stereocenters. The average Bonchev–Trinajstić information content (AvgIpc) is 2.96. The van der Waals surface area contributed by atoms with Crippen LogP contribution in [0.2, 0.25) is 0 Å². The highest BCUT2D eigenvalue weighted by Gasteiger charge is 2.22. The molecule has 0 aliphatic heterocycles. The lowest BCUT2D eigenvalue weighted by molar-refractivity contribution is 0.0854. The topological polar surface area (TPSA) is 74.2 Å². The van der Waals surface area contributed by atoms with E-state index in [1.165, 1.54) is 0 Å². The molecule has 5 nitrogen and oxygen atoms in total. The summed E-state index contributed by atoms with van der Waals surface area (Å²) in [6.07, 6.45) is 1.75. The maximum atomic E-state index is 5.85. The van der Waals surface area contributed by atoms with E-state index in [4.69, 9.17) is 15.0 Å². The van der Waals surface area contributed by atoms with E-state index in [9.17, 15) is 0 Å². The summed E-state index contributed by atoms with van der Waals surface area (Å²) < 4.78 is 10.8. The minimum atomic E-state index is -0.119. The van der Waals surface area contributed by atoms with Crippen molar-refractivity contribution < 1.29 is 9.26 Å². The fourth-order valence-electron chi connectivity index (χ4n) is 2.20. The Balaban J connectivity index is 2.22. The van der Waals surface area contributed by atoms with Crippen molar-refractivity contribution in [2.45, 2.75) is 31.8 Å². The number of aromatic nitrogens is 2. The van der Waals surface area contributed by atoms with Crippen molar-refractivity contribution in [3.63, 3.8) is 0 Å². The molecule has 0 amide bonds. The van der Waals surface area contributed by atoms with Crippen LogP contribution in [0.1, 0.15) is 49.1 Å². The molecule has 0 saturated heterocycles. The third-order valence-electron chi connectivity index (χ3n) is 3.32. The molecule has 0 fully saturated rings. The van der Waals surface area contributed by atoms with E-state index in [1.807, 2.05) is 30.3 Å². The maximum absolute atomic E-state index is 5.85. The van der Waals surface area contributed by atoms with Gasteiger partial charge in [-0.15, -0.1) is 0 Å². The van der Waals surface area contributed by atoms with E-state index in [2.05, 4.69) is 17.1 Å². The van der Waals surface area contributed by atoms with Gasteiger partial charge in [0.1, 0.15) is 6.10 Å². The van der Waals surface area contributed by atoms with E-state index in [0.29, 0.717) is 18.3 Å². The summed E-state index contributed by atoms with van der Waals surface area (Å²) >= 11 is 0. The van der Waals surface area contributed by atoms with E-state index in [0.717, 1.165) is 18.4 Å². The summed E-state index contributed by atoms with van der Waals surface area (Å²) in [6, 6.07) is 9.95. The van der Waals surface area contributed by atoms with Gasteiger partial charge >= 0.3 is 0 Å². The lowest BCUT2D eigenvalue weighted by atomic mass is 9.99. The SMILES string of the molecule is CCCC(OC)c1noc(C(CN)c2ccccc2)n1. The minimum absolute atomic E-state index is 0.0726. The molecular weight excluding hydrogens is 254 g/mol. The fraction of sp³-hybridized carbons (Fsp3) is 0.467. The largest absolute Gasteiger partial charge is 0.373 e. The highest BCUT2D eigenvalue weighted by molar-refractivity contribution is 5.25. The van der Waals surface area contributed by atoms with Crippen molar-refractivity contribution in [1.82, 2.24) is 10.1 Å². The second-order valence-electron chi connectivity index (χ2n) is 4.70. The van der Waals surface area contributed by atoms with Crippen LogP contribution in [0.25, 0.3) is 0 Å². The maximum Gasteiger partial charge on any atom is 0.235 e.